The lowest BCUT2D eigenvalue weighted by Crippen LogP contribution is -2.40. The van der Waals surface area contributed by atoms with E-state index in [4.69, 9.17) is 9.47 Å². The molecule has 1 saturated heterocycles. The third-order valence-corrected chi connectivity index (χ3v) is 4.61. The molecule has 2 aromatic rings. The molecule has 0 aromatic heterocycles. The molecule has 8 heteroatoms. The summed E-state index contributed by atoms with van der Waals surface area (Å²) in [5.41, 5.74) is -0.0901. The highest BCUT2D eigenvalue weighted by atomic mass is 32.1. The maximum atomic E-state index is 13.7. The van der Waals surface area contributed by atoms with Crippen LogP contribution < -0.4 is 4.74 Å². The van der Waals surface area contributed by atoms with Gasteiger partial charge in [-0.1, -0.05) is 18.2 Å². The van der Waals surface area contributed by atoms with E-state index in [0.29, 0.717) is 24.8 Å². The number of ether oxygens (including phenoxy) is 2. The molecule has 0 N–H and O–H groups in total. The number of carbonyl (C=O) groups excluding carboxylic acids is 1. The van der Waals surface area contributed by atoms with Crippen molar-refractivity contribution >= 4 is 18.7 Å². The number of likely N-dealkylation sites (tertiary alicyclic amines) is 1. The summed E-state index contributed by atoms with van der Waals surface area (Å²) in [5, 5.41) is -0.0399. The van der Waals surface area contributed by atoms with Crippen molar-refractivity contribution in [3.8, 4) is 5.75 Å². The third-order valence-electron chi connectivity index (χ3n) is 4.23. The fourth-order valence-electron chi connectivity index (χ4n) is 2.90. The monoisotopic (exact) mass is 397 g/mol. The largest absolute Gasteiger partial charge is 0.415 e. The predicted octanol–water partition coefficient (Wildman–Crippen LogP) is 4.19. The van der Waals surface area contributed by atoms with Gasteiger partial charge in [0.25, 0.3) is 0 Å². The second-order valence-electron chi connectivity index (χ2n) is 6.25. The van der Waals surface area contributed by atoms with Crippen molar-refractivity contribution in [2.75, 3.05) is 13.2 Å². The van der Waals surface area contributed by atoms with Crippen LogP contribution in [0.25, 0.3) is 0 Å². The third kappa shape index (κ3) is 4.95. The van der Waals surface area contributed by atoms with Crippen molar-refractivity contribution in [2.24, 2.45) is 0 Å². The number of thiol groups is 1. The van der Waals surface area contributed by atoms with Crippen LogP contribution in [0.2, 0.25) is 0 Å². The number of hydrogen-bond donors (Lipinski definition) is 1. The van der Waals surface area contributed by atoms with E-state index in [1.807, 2.05) is 6.07 Å². The highest BCUT2D eigenvalue weighted by Crippen LogP contribution is 2.24. The fourth-order valence-corrected chi connectivity index (χ4v) is 3.32. The van der Waals surface area contributed by atoms with E-state index < -0.39 is 23.5 Å². The fraction of sp³-hybridized carbons (Fsp3) is 0.316. The number of amides is 1. The van der Waals surface area contributed by atoms with Crippen molar-refractivity contribution in [3.05, 3.63) is 65.5 Å². The van der Waals surface area contributed by atoms with Crippen molar-refractivity contribution in [1.82, 2.24) is 4.90 Å². The lowest BCUT2D eigenvalue weighted by Gasteiger charge is -2.23. The predicted molar refractivity (Wildman–Crippen MR) is 96.3 cm³/mol. The van der Waals surface area contributed by atoms with Crippen LogP contribution in [0.3, 0.4) is 0 Å². The summed E-state index contributed by atoms with van der Waals surface area (Å²) in [7, 11) is 0. The Hall–Kier alpha value is -2.19. The SMILES string of the molecule is O=C(Oc1ccccc1)N1C[C@H](S)C[C@H]1COCc1cc(F)c(F)cc1F. The van der Waals surface area contributed by atoms with Gasteiger partial charge in [-0.2, -0.15) is 12.6 Å². The number of benzene rings is 2. The van der Waals surface area contributed by atoms with Crippen molar-refractivity contribution < 1.29 is 27.4 Å². The second-order valence-corrected chi connectivity index (χ2v) is 6.98. The maximum Gasteiger partial charge on any atom is 0.415 e. The highest BCUT2D eigenvalue weighted by Gasteiger charge is 2.35. The van der Waals surface area contributed by atoms with Crippen LogP contribution in [0.4, 0.5) is 18.0 Å². The number of rotatable bonds is 5. The number of nitrogens with zero attached hydrogens (tertiary/aromatic N) is 1. The number of carbonyl (C=O) groups is 1. The zero-order chi connectivity index (χ0) is 19.4. The van der Waals surface area contributed by atoms with E-state index in [0.717, 1.165) is 6.07 Å². The molecule has 0 radical (unpaired) electrons. The van der Waals surface area contributed by atoms with Gasteiger partial charge in [0, 0.05) is 23.4 Å². The van der Waals surface area contributed by atoms with Gasteiger partial charge in [0.05, 0.1) is 19.3 Å². The number of para-hydroxylation sites is 1. The quantitative estimate of drug-likeness (QED) is 0.607. The minimum Gasteiger partial charge on any atom is -0.410 e. The van der Waals surface area contributed by atoms with Crippen LogP contribution in [-0.4, -0.2) is 35.4 Å². The molecule has 0 bridgehead atoms. The minimum absolute atomic E-state index is 0.0399. The first-order chi connectivity index (χ1) is 12.9. The van der Waals surface area contributed by atoms with Gasteiger partial charge in [-0.15, -0.1) is 0 Å². The molecule has 0 aliphatic carbocycles. The molecule has 0 unspecified atom stereocenters. The normalized spacial score (nSPS) is 19.3. The van der Waals surface area contributed by atoms with Gasteiger partial charge in [0.15, 0.2) is 11.6 Å². The molecule has 27 heavy (non-hydrogen) atoms. The number of hydrogen-bond acceptors (Lipinski definition) is 4. The van der Waals surface area contributed by atoms with E-state index in [2.05, 4.69) is 12.6 Å². The lowest BCUT2D eigenvalue weighted by atomic mass is 10.2. The Labute approximate surface area is 160 Å². The first kappa shape index (κ1) is 19.6. The van der Waals surface area contributed by atoms with Gasteiger partial charge < -0.3 is 14.4 Å². The van der Waals surface area contributed by atoms with E-state index in [-0.39, 0.29) is 30.1 Å². The summed E-state index contributed by atoms with van der Waals surface area (Å²) >= 11 is 4.41. The highest BCUT2D eigenvalue weighted by molar-refractivity contribution is 7.81. The van der Waals surface area contributed by atoms with Crippen LogP contribution in [0.5, 0.6) is 5.75 Å². The van der Waals surface area contributed by atoms with E-state index >= 15 is 0 Å². The molecule has 2 aromatic carbocycles. The smallest absolute Gasteiger partial charge is 0.410 e. The molecule has 4 nitrogen and oxygen atoms in total. The Morgan fingerprint density at radius 2 is 1.81 bits per heavy atom. The Morgan fingerprint density at radius 1 is 1.11 bits per heavy atom. The standard InChI is InChI=1S/C19H18F3NO3S/c20-16-8-18(22)17(21)6-12(16)10-25-11-13-7-15(27)9-23(13)19(24)26-14-4-2-1-3-5-14/h1-6,8,13,15,27H,7,9-11H2/t13-,15+/m0/s1. The average Bonchev–Trinajstić information content (AvgIpc) is 3.01. The molecule has 1 fully saturated rings. The van der Waals surface area contributed by atoms with Gasteiger partial charge in [0.2, 0.25) is 0 Å². The van der Waals surface area contributed by atoms with E-state index in [1.54, 1.807) is 24.3 Å². The molecule has 2 atom stereocenters. The van der Waals surface area contributed by atoms with Gasteiger partial charge in [-0.05, 0) is 24.6 Å². The van der Waals surface area contributed by atoms with Crippen LogP contribution in [0, 0.1) is 17.5 Å². The summed E-state index contributed by atoms with van der Waals surface area (Å²) in [5.74, 6) is -2.85. The van der Waals surface area contributed by atoms with Crippen LogP contribution >= 0.6 is 12.6 Å². The zero-order valence-corrected chi connectivity index (χ0v) is 15.2. The summed E-state index contributed by atoms with van der Waals surface area (Å²) in [6.45, 7) is 0.250. The molecule has 1 aliphatic rings. The zero-order valence-electron chi connectivity index (χ0n) is 14.3. The average molecular weight is 397 g/mol. The Morgan fingerprint density at radius 3 is 2.56 bits per heavy atom. The summed E-state index contributed by atoms with van der Waals surface area (Å²) in [6, 6.07) is 9.60. The molecular formula is C19H18F3NO3S. The summed E-state index contributed by atoms with van der Waals surface area (Å²) < 4.78 is 50.6. The van der Waals surface area contributed by atoms with Crippen LogP contribution in [-0.2, 0) is 11.3 Å². The maximum absolute atomic E-state index is 13.7. The van der Waals surface area contributed by atoms with Gasteiger partial charge in [0.1, 0.15) is 11.6 Å². The molecule has 144 valence electrons. The van der Waals surface area contributed by atoms with Crippen molar-refractivity contribution in [1.29, 1.82) is 0 Å². The van der Waals surface area contributed by atoms with Crippen LogP contribution in [0.15, 0.2) is 42.5 Å². The Balaban J connectivity index is 1.58. The molecule has 1 amide bonds. The summed E-state index contributed by atoms with van der Waals surface area (Å²) in [4.78, 5) is 13.9. The molecule has 0 saturated carbocycles. The van der Waals surface area contributed by atoms with Crippen molar-refractivity contribution in [2.45, 2.75) is 24.3 Å². The Bertz CT molecular complexity index is 806. The Kier molecular flexibility index (Phi) is 6.28. The van der Waals surface area contributed by atoms with Crippen LogP contribution in [0.1, 0.15) is 12.0 Å². The first-order valence-corrected chi connectivity index (χ1v) is 8.88. The molecule has 3 rings (SSSR count). The number of halogens is 3. The second kappa shape index (κ2) is 8.67. The molecular weight excluding hydrogens is 379 g/mol. The van der Waals surface area contributed by atoms with Crippen molar-refractivity contribution in [3.63, 3.8) is 0 Å². The topological polar surface area (TPSA) is 38.8 Å². The lowest BCUT2D eigenvalue weighted by molar-refractivity contribution is 0.0649. The molecule has 0 spiro atoms. The summed E-state index contributed by atoms with van der Waals surface area (Å²) in [6.07, 6.45) is 0.0538. The van der Waals surface area contributed by atoms with E-state index in [1.165, 1.54) is 4.90 Å². The van der Waals surface area contributed by atoms with Gasteiger partial charge >= 0.3 is 6.09 Å². The van der Waals surface area contributed by atoms with Gasteiger partial charge in [-0.25, -0.2) is 18.0 Å². The van der Waals surface area contributed by atoms with E-state index in [9.17, 15) is 18.0 Å². The molecule has 1 aliphatic heterocycles. The van der Waals surface area contributed by atoms with Gasteiger partial charge in [-0.3, -0.25) is 0 Å². The molecule has 1 heterocycles. The minimum atomic E-state index is -1.25. The first-order valence-electron chi connectivity index (χ1n) is 8.36.